The minimum absolute atomic E-state index is 0.267. The number of hydrogen-bond acceptors (Lipinski definition) is 4. The Morgan fingerprint density at radius 1 is 1.15 bits per heavy atom. The summed E-state index contributed by atoms with van der Waals surface area (Å²) in [5.41, 5.74) is 2.89. The zero-order chi connectivity index (χ0) is 19.4. The molecule has 0 saturated heterocycles. The van der Waals surface area contributed by atoms with Gasteiger partial charge in [0.15, 0.2) is 0 Å². The molecule has 0 atom stereocenters. The summed E-state index contributed by atoms with van der Waals surface area (Å²) in [6, 6.07) is 16.9. The van der Waals surface area contributed by atoms with Gasteiger partial charge in [-0.25, -0.2) is 4.98 Å². The van der Waals surface area contributed by atoms with Crippen molar-refractivity contribution >= 4 is 34.7 Å². The van der Waals surface area contributed by atoms with Crippen LogP contribution in [0.15, 0.2) is 60.8 Å². The van der Waals surface area contributed by atoms with Crippen molar-refractivity contribution in [2.75, 3.05) is 24.4 Å². The van der Waals surface area contributed by atoms with E-state index in [0.717, 1.165) is 17.1 Å². The van der Waals surface area contributed by atoms with Gasteiger partial charge in [-0.15, -0.1) is 0 Å². The van der Waals surface area contributed by atoms with E-state index in [4.69, 9.17) is 16.3 Å². The minimum atomic E-state index is -0.267. The van der Waals surface area contributed by atoms with Crippen molar-refractivity contribution < 1.29 is 9.53 Å². The van der Waals surface area contributed by atoms with Crippen LogP contribution in [-0.2, 0) is 0 Å². The number of rotatable bonds is 5. The molecule has 0 aliphatic rings. The summed E-state index contributed by atoms with van der Waals surface area (Å²) in [5, 5.41) is 3.43. The summed E-state index contributed by atoms with van der Waals surface area (Å²) in [6.07, 6.45) is 1.55. The molecule has 3 aromatic rings. The fourth-order valence-corrected chi connectivity index (χ4v) is 2.78. The number of para-hydroxylation sites is 1. The number of anilines is 3. The maximum Gasteiger partial charge on any atom is 0.257 e. The Hall–Kier alpha value is -3.05. The van der Waals surface area contributed by atoms with Crippen molar-refractivity contribution in [2.45, 2.75) is 6.92 Å². The topological polar surface area (TPSA) is 54.5 Å². The lowest BCUT2D eigenvalue weighted by molar-refractivity contribution is 0.102. The number of pyridine rings is 1. The normalized spacial score (nSPS) is 10.4. The second-order valence-electron chi connectivity index (χ2n) is 6.06. The second-order valence-corrected chi connectivity index (χ2v) is 6.46. The second kappa shape index (κ2) is 8.10. The van der Waals surface area contributed by atoms with Gasteiger partial charge in [0.1, 0.15) is 11.6 Å². The quantitative estimate of drug-likeness (QED) is 0.670. The van der Waals surface area contributed by atoms with E-state index in [1.807, 2.05) is 55.3 Å². The van der Waals surface area contributed by atoms with Crippen molar-refractivity contribution in [3.63, 3.8) is 0 Å². The van der Waals surface area contributed by atoms with Gasteiger partial charge in [-0.05, 0) is 42.8 Å². The van der Waals surface area contributed by atoms with Gasteiger partial charge in [0, 0.05) is 30.0 Å². The molecule has 27 heavy (non-hydrogen) atoms. The van der Waals surface area contributed by atoms with Crippen LogP contribution in [0.2, 0.25) is 5.02 Å². The van der Waals surface area contributed by atoms with Gasteiger partial charge in [-0.3, -0.25) is 4.79 Å². The Morgan fingerprint density at radius 2 is 1.89 bits per heavy atom. The molecular weight excluding hydrogens is 362 g/mol. The van der Waals surface area contributed by atoms with Crippen LogP contribution in [0.3, 0.4) is 0 Å². The lowest BCUT2D eigenvalue weighted by atomic mass is 10.2. The van der Waals surface area contributed by atoms with Crippen LogP contribution in [0.1, 0.15) is 15.9 Å². The van der Waals surface area contributed by atoms with Crippen molar-refractivity contribution in [1.82, 2.24) is 4.98 Å². The molecule has 0 bridgehead atoms. The highest BCUT2D eigenvalue weighted by Gasteiger charge is 2.13. The monoisotopic (exact) mass is 381 g/mol. The molecule has 0 saturated carbocycles. The molecule has 1 aromatic heterocycles. The van der Waals surface area contributed by atoms with E-state index in [-0.39, 0.29) is 5.91 Å². The van der Waals surface area contributed by atoms with Crippen molar-refractivity contribution in [3.8, 4) is 5.75 Å². The van der Waals surface area contributed by atoms with Crippen molar-refractivity contribution in [1.29, 1.82) is 0 Å². The first-order valence-electron chi connectivity index (χ1n) is 8.40. The maximum absolute atomic E-state index is 12.6. The number of hydrogen-bond donors (Lipinski definition) is 1. The SMILES string of the molecule is COc1cc(Cl)c(C)cc1NC(=O)c1ccc(N(C)c2ccccc2)nc1. The van der Waals surface area contributed by atoms with Crippen LogP contribution in [-0.4, -0.2) is 25.0 Å². The lowest BCUT2D eigenvalue weighted by Gasteiger charge is -2.18. The average molecular weight is 382 g/mol. The first kappa shape index (κ1) is 18.7. The third-order valence-corrected chi connectivity index (χ3v) is 4.63. The molecule has 0 spiro atoms. The van der Waals surface area contributed by atoms with Crippen LogP contribution >= 0.6 is 11.6 Å². The van der Waals surface area contributed by atoms with E-state index < -0.39 is 0 Å². The summed E-state index contributed by atoms with van der Waals surface area (Å²) in [4.78, 5) is 18.9. The Morgan fingerprint density at radius 3 is 2.52 bits per heavy atom. The molecule has 1 heterocycles. The van der Waals surface area contributed by atoms with Gasteiger partial charge in [0.05, 0.1) is 18.4 Å². The molecule has 1 amide bonds. The predicted molar refractivity (Wildman–Crippen MR) is 109 cm³/mol. The number of halogens is 1. The zero-order valence-electron chi connectivity index (χ0n) is 15.4. The standard InChI is InChI=1S/C21H20ClN3O2/c1-14-11-18(19(27-3)12-17(14)22)24-21(26)15-9-10-20(23-13-15)25(2)16-7-5-4-6-8-16/h4-13H,1-3H3,(H,24,26). The number of carbonyl (C=O) groups is 1. The van der Waals surface area contributed by atoms with Gasteiger partial charge >= 0.3 is 0 Å². The van der Waals surface area contributed by atoms with Gasteiger partial charge < -0.3 is 15.0 Å². The number of benzene rings is 2. The van der Waals surface area contributed by atoms with Gasteiger partial charge in [-0.2, -0.15) is 0 Å². The predicted octanol–water partition coefficient (Wildman–Crippen LogP) is 5.07. The molecule has 138 valence electrons. The molecule has 3 rings (SSSR count). The third kappa shape index (κ3) is 4.20. The van der Waals surface area contributed by atoms with E-state index in [9.17, 15) is 4.79 Å². The molecule has 0 aliphatic carbocycles. The first-order chi connectivity index (χ1) is 13.0. The van der Waals surface area contributed by atoms with Gasteiger partial charge in [0.25, 0.3) is 5.91 Å². The molecule has 0 aliphatic heterocycles. The number of nitrogens with zero attached hydrogens (tertiary/aromatic N) is 2. The van der Waals surface area contributed by atoms with Gasteiger partial charge in [-0.1, -0.05) is 29.8 Å². The van der Waals surface area contributed by atoms with Crippen LogP contribution in [0.4, 0.5) is 17.2 Å². The highest BCUT2D eigenvalue weighted by molar-refractivity contribution is 6.31. The van der Waals surface area contributed by atoms with E-state index in [1.54, 1.807) is 24.4 Å². The number of carbonyl (C=O) groups excluding carboxylic acids is 1. The third-order valence-electron chi connectivity index (χ3n) is 4.23. The largest absolute Gasteiger partial charge is 0.495 e. The number of nitrogens with one attached hydrogen (secondary N) is 1. The Balaban J connectivity index is 1.78. The summed E-state index contributed by atoms with van der Waals surface area (Å²) in [6.45, 7) is 1.87. The van der Waals surface area contributed by atoms with Crippen LogP contribution < -0.4 is 15.0 Å². The molecule has 0 radical (unpaired) electrons. The summed E-state index contributed by atoms with van der Waals surface area (Å²) >= 11 is 6.11. The van der Waals surface area contributed by atoms with Crippen molar-refractivity contribution in [2.24, 2.45) is 0 Å². The highest BCUT2D eigenvalue weighted by atomic mass is 35.5. The molecule has 1 N–H and O–H groups in total. The van der Waals surface area contributed by atoms with E-state index in [0.29, 0.717) is 22.0 Å². The molecule has 0 fully saturated rings. The number of ether oxygens (including phenoxy) is 1. The molecule has 6 heteroatoms. The van der Waals surface area contributed by atoms with E-state index in [1.165, 1.54) is 7.11 Å². The van der Waals surface area contributed by atoms with Crippen molar-refractivity contribution in [3.05, 3.63) is 76.9 Å². The number of aryl methyl sites for hydroxylation is 1. The Bertz CT molecular complexity index is 944. The summed E-state index contributed by atoms with van der Waals surface area (Å²) in [7, 11) is 3.46. The number of methoxy groups -OCH3 is 1. The number of amides is 1. The smallest absolute Gasteiger partial charge is 0.257 e. The average Bonchev–Trinajstić information content (AvgIpc) is 2.70. The zero-order valence-corrected chi connectivity index (χ0v) is 16.1. The first-order valence-corrected chi connectivity index (χ1v) is 8.77. The van der Waals surface area contributed by atoms with Crippen LogP contribution in [0, 0.1) is 6.92 Å². The fourth-order valence-electron chi connectivity index (χ4n) is 2.63. The summed E-state index contributed by atoms with van der Waals surface area (Å²) in [5.74, 6) is 0.987. The van der Waals surface area contributed by atoms with E-state index in [2.05, 4.69) is 10.3 Å². The molecule has 2 aromatic carbocycles. The van der Waals surface area contributed by atoms with Crippen LogP contribution in [0.25, 0.3) is 0 Å². The van der Waals surface area contributed by atoms with Crippen LogP contribution in [0.5, 0.6) is 5.75 Å². The highest BCUT2D eigenvalue weighted by Crippen LogP contribution is 2.31. The molecular formula is C21H20ClN3O2. The minimum Gasteiger partial charge on any atom is -0.495 e. The maximum atomic E-state index is 12.6. The van der Waals surface area contributed by atoms with Gasteiger partial charge in [0.2, 0.25) is 0 Å². The van der Waals surface area contributed by atoms with E-state index >= 15 is 0 Å². The Kier molecular flexibility index (Phi) is 5.62. The molecule has 5 nitrogen and oxygen atoms in total. The fraction of sp³-hybridized carbons (Fsp3) is 0.143. The Labute approximate surface area is 163 Å². The lowest BCUT2D eigenvalue weighted by Crippen LogP contribution is -2.15. The number of aromatic nitrogens is 1. The molecule has 0 unspecified atom stereocenters. The summed E-state index contributed by atoms with van der Waals surface area (Å²) < 4.78 is 5.30.